The molecular formula is C13H8BrF2I. The first-order valence-electron chi connectivity index (χ1n) is 4.92. The lowest BCUT2D eigenvalue weighted by atomic mass is 10.0. The number of alkyl halides is 1. The Morgan fingerprint density at radius 3 is 2.29 bits per heavy atom. The fourth-order valence-electron chi connectivity index (χ4n) is 1.52. The lowest BCUT2D eigenvalue weighted by Crippen LogP contribution is -1.97. The van der Waals surface area contributed by atoms with Crippen molar-refractivity contribution in [2.75, 3.05) is 0 Å². The topological polar surface area (TPSA) is 0 Å². The molecule has 17 heavy (non-hydrogen) atoms. The lowest BCUT2D eigenvalue weighted by molar-refractivity contribution is 0.588. The molecule has 2 aromatic rings. The van der Waals surface area contributed by atoms with E-state index in [-0.39, 0.29) is 4.83 Å². The highest BCUT2D eigenvalue weighted by Crippen LogP contribution is 2.32. The molecule has 0 amide bonds. The van der Waals surface area contributed by atoms with Gasteiger partial charge in [0.25, 0.3) is 0 Å². The van der Waals surface area contributed by atoms with Crippen LogP contribution in [-0.4, -0.2) is 0 Å². The van der Waals surface area contributed by atoms with Crippen molar-refractivity contribution in [3.63, 3.8) is 0 Å². The van der Waals surface area contributed by atoms with Gasteiger partial charge in [-0.1, -0.05) is 28.1 Å². The summed E-state index contributed by atoms with van der Waals surface area (Å²) in [5.41, 5.74) is 1.21. The molecule has 0 spiro atoms. The van der Waals surface area contributed by atoms with E-state index in [1.165, 1.54) is 6.07 Å². The molecule has 0 nitrogen and oxygen atoms in total. The fourth-order valence-corrected chi connectivity index (χ4v) is 2.54. The number of hydrogen-bond acceptors (Lipinski definition) is 0. The number of rotatable bonds is 2. The SMILES string of the molecule is Fc1ccc(F)c(C(Br)c2ccc(I)cc2)c1. The Labute approximate surface area is 120 Å². The van der Waals surface area contributed by atoms with E-state index in [4.69, 9.17) is 0 Å². The first-order valence-corrected chi connectivity index (χ1v) is 6.92. The molecule has 0 N–H and O–H groups in total. The summed E-state index contributed by atoms with van der Waals surface area (Å²) in [4.78, 5) is -0.338. The molecule has 88 valence electrons. The number of hydrogen-bond donors (Lipinski definition) is 0. The van der Waals surface area contributed by atoms with Gasteiger partial charge in [-0.2, -0.15) is 0 Å². The summed E-state index contributed by atoms with van der Waals surface area (Å²) >= 11 is 5.59. The van der Waals surface area contributed by atoms with Gasteiger partial charge in [0.1, 0.15) is 11.6 Å². The highest BCUT2D eigenvalue weighted by atomic mass is 127. The van der Waals surface area contributed by atoms with Crippen LogP contribution in [0.1, 0.15) is 16.0 Å². The highest BCUT2D eigenvalue weighted by molar-refractivity contribution is 14.1. The van der Waals surface area contributed by atoms with Crippen molar-refractivity contribution in [2.45, 2.75) is 4.83 Å². The molecule has 0 aromatic heterocycles. The summed E-state index contributed by atoms with van der Waals surface area (Å²) < 4.78 is 27.8. The van der Waals surface area contributed by atoms with E-state index in [1.54, 1.807) is 0 Å². The van der Waals surface area contributed by atoms with Crippen molar-refractivity contribution in [1.29, 1.82) is 0 Å². The van der Waals surface area contributed by atoms with Crippen molar-refractivity contribution < 1.29 is 8.78 Å². The summed E-state index contributed by atoms with van der Waals surface area (Å²) in [6.45, 7) is 0. The lowest BCUT2D eigenvalue weighted by Gasteiger charge is -2.12. The van der Waals surface area contributed by atoms with Gasteiger partial charge in [-0.3, -0.25) is 0 Å². The first-order chi connectivity index (χ1) is 8.08. The van der Waals surface area contributed by atoms with Crippen molar-refractivity contribution >= 4 is 38.5 Å². The second-order valence-electron chi connectivity index (χ2n) is 3.58. The minimum absolute atomic E-state index is 0.311. The van der Waals surface area contributed by atoms with Crippen molar-refractivity contribution in [1.82, 2.24) is 0 Å². The predicted molar refractivity (Wildman–Crippen MR) is 76.3 cm³/mol. The molecule has 0 saturated heterocycles. The highest BCUT2D eigenvalue weighted by Gasteiger charge is 2.15. The van der Waals surface area contributed by atoms with Crippen LogP contribution in [0.5, 0.6) is 0 Å². The summed E-state index contributed by atoms with van der Waals surface area (Å²) in [5, 5.41) is 0. The van der Waals surface area contributed by atoms with Gasteiger partial charge >= 0.3 is 0 Å². The van der Waals surface area contributed by atoms with Gasteiger partial charge in [0, 0.05) is 9.13 Å². The molecule has 0 aliphatic heterocycles. The summed E-state index contributed by atoms with van der Waals surface area (Å²) in [7, 11) is 0. The summed E-state index contributed by atoms with van der Waals surface area (Å²) in [5.74, 6) is -0.844. The molecule has 0 heterocycles. The maximum absolute atomic E-state index is 13.6. The van der Waals surface area contributed by atoms with Crippen LogP contribution >= 0.6 is 38.5 Å². The smallest absolute Gasteiger partial charge is 0.128 e. The number of halogens is 4. The summed E-state index contributed by atoms with van der Waals surface area (Å²) in [6.07, 6.45) is 0. The van der Waals surface area contributed by atoms with Crippen LogP contribution < -0.4 is 0 Å². The van der Waals surface area contributed by atoms with E-state index in [9.17, 15) is 8.78 Å². The van der Waals surface area contributed by atoms with Crippen LogP contribution in [0.2, 0.25) is 0 Å². The Bertz CT molecular complexity index is 525. The van der Waals surface area contributed by atoms with E-state index in [1.807, 2.05) is 24.3 Å². The molecule has 0 saturated carbocycles. The van der Waals surface area contributed by atoms with Crippen LogP contribution in [0, 0.1) is 15.2 Å². The largest absolute Gasteiger partial charge is 0.207 e. The maximum atomic E-state index is 13.6. The van der Waals surface area contributed by atoms with Gasteiger partial charge < -0.3 is 0 Å². The van der Waals surface area contributed by atoms with Gasteiger partial charge in [-0.15, -0.1) is 0 Å². The molecular weight excluding hydrogens is 401 g/mol. The zero-order valence-corrected chi connectivity index (χ0v) is 12.4. The third kappa shape index (κ3) is 3.04. The molecule has 4 heteroatoms. The monoisotopic (exact) mass is 408 g/mol. The van der Waals surface area contributed by atoms with E-state index in [0.717, 1.165) is 21.3 Å². The normalized spacial score (nSPS) is 12.5. The quantitative estimate of drug-likeness (QED) is 0.481. The van der Waals surface area contributed by atoms with Crippen molar-refractivity contribution in [3.05, 3.63) is 68.8 Å². The molecule has 1 atom stereocenters. The molecule has 0 bridgehead atoms. The third-order valence-electron chi connectivity index (χ3n) is 2.39. The summed E-state index contributed by atoms with van der Waals surface area (Å²) in [6, 6.07) is 11.1. The molecule has 1 unspecified atom stereocenters. The van der Waals surface area contributed by atoms with Crippen molar-refractivity contribution in [3.8, 4) is 0 Å². The average Bonchev–Trinajstić information content (AvgIpc) is 2.32. The van der Waals surface area contributed by atoms with Crippen LogP contribution in [0.25, 0.3) is 0 Å². The molecule has 0 radical (unpaired) electrons. The average molecular weight is 409 g/mol. The Kier molecular flexibility index (Phi) is 4.14. The van der Waals surface area contributed by atoms with E-state index in [2.05, 4.69) is 38.5 Å². The molecule has 2 aromatic carbocycles. The zero-order valence-electron chi connectivity index (χ0n) is 8.63. The van der Waals surface area contributed by atoms with E-state index >= 15 is 0 Å². The standard InChI is InChI=1S/C13H8BrF2I/c14-13(8-1-4-10(17)5-2-8)11-7-9(15)3-6-12(11)16/h1-7,13H. The van der Waals surface area contributed by atoms with Crippen LogP contribution in [-0.2, 0) is 0 Å². The van der Waals surface area contributed by atoms with Crippen LogP contribution in [0.15, 0.2) is 42.5 Å². The molecule has 0 aliphatic carbocycles. The molecule has 2 rings (SSSR count). The Morgan fingerprint density at radius 1 is 1.00 bits per heavy atom. The second kappa shape index (κ2) is 5.44. The molecule has 0 aliphatic rings. The Balaban J connectivity index is 2.39. The van der Waals surface area contributed by atoms with E-state index in [0.29, 0.717) is 5.56 Å². The minimum Gasteiger partial charge on any atom is -0.207 e. The first kappa shape index (κ1) is 13.0. The third-order valence-corrected chi connectivity index (χ3v) is 4.13. The maximum Gasteiger partial charge on any atom is 0.128 e. The van der Waals surface area contributed by atoms with Gasteiger partial charge in [0.15, 0.2) is 0 Å². The number of benzene rings is 2. The minimum atomic E-state index is -0.434. The van der Waals surface area contributed by atoms with E-state index < -0.39 is 11.6 Å². The fraction of sp³-hybridized carbons (Fsp3) is 0.0769. The predicted octanol–water partition coefficient (Wildman–Crippen LogP) is 5.05. The Morgan fingerprint density at radius 2 is 1.65 bits per heavy atom. The van der Waals surface area contributed by atoms with Gasteiger partial charge in [-0.25, -0.2) is 8.78 Å². The van der Waals surface area contributed by atoms with Crippen molar-refractivity contribution in [2.24, 2.45) is 0 Å². The zero-order chi connectivity index (χ0) is 12.4. The Hall–Kier alpha value is -0.490. The van der Waals surface area contributed by atoms with Gasteiger partial charge in [0.2, 0.25) is 0 Å². The van der Waals surface area contributed by atoms with Gasteiger partial charge in [0.05, 0.1) is 4.83 Å². The van der Waals surface area contributed by atoms with Crippen LogP contribution in [0.4, 0.5) is 8.78 Å². The second-order valence-corrected chi connectivity index (χ2v) is 5.74. The van der Waals surface area contributed by atoms with Crippen LogP contribution in [0.3, 0.4) is 0 Å². The van der Waals surface area contributed by atoms with Gasteiger partial charge in [-0.05, 0) is 58.5 Å². The molecule has 0 fully saturated rings.